The number of halogens is 1. The van der Waals surface area contributed by atoms with E-state index in [1.165, 1.54) is 25.0 Å². The molecule has 0 radical (unpaired) electrons. The lowest BCUT2D eigenvalue weighted by Gasteiger charge is -2.25. The van der Waals surface area contributed by atoms with E-state index >= 15 is 0 Å². The fraction of sp³-hybridized carbons (Fsp3) is 0.643. The van der Waals surface area contributed by atoms with Crippen LogP contribution in [-0.2, 0) is 0 Å². The number of nitrogens with one attached hydrogen (secondary N) is 1. The number of hydrogen-bond donors (Lipinski definition) is 1. The summed E-state index contributed by atoms with van der Waals surface area (Å²) in [5.74, 6) is 0.242. The molecule has 0 aliphatic heterocycles. The van der Waals surface area contributed by atoms with Crippen LogP contribution in [0.5, 0.6) is 0 Å². The van der Waals surface area contributed by atoms with Gasteiger partial charge in [-0.1, -0.05) is 51.6 Å². The summed E-state index contributed by atoms with van der Waals surface area (Å²) in [6.07, 6.45) is 4.63. The van der Waals surface area contributed by atoms with E-state index in [0.29, 0.717) is 6.54 Å². The Labute approximate surface area is 124 Å². The number of aromatic nitrogens is 1. The minimum atomic E-state index is -0.449. The molecule has 1 N–H and O–H groups in total. The highest BCUT2D eigenvalue weighted by Crippen LogP contribution is 2.28. The van der Waals surface area contributed by atoms with E-state index in [1.807, 2.05) is 0 Å². The molecule has 0 aliphatic carbocycles. The van der Waals surface area contributed by atoms with Gasteiger partial charge in [-0.3, -0.25) is 10.1 Å². The molecule has 0 saturated heterocycles. The van der Waals surface area contributed by atoms with Crippen molar-refractivity contribution in [1.29, 1.82) is 0 Å². The van der Waals surface area contributed by atoms with Crippen LogP contribution in [-0.4, -0.2) is 16.5 Å². The Morgan fingerprint density at radius 1 is 1.40 bits per heavy atom. The number of pyridine rings is 1. The van der Waals surface area contributed by atoms with Crippen LogP contribution in [0, 0.1) is 15.5 Å². The summed E-state index contributed by atoms with van der Waals surface area (Å²) in [7, 11) is 0. The molecule has 1 aromatic heterocycles. The summed E-state index contributed by atoms with van der Waals surface area (Å²) in [4.78, 5) is 14.5. The van der Waals surface area contributed by atoms with Gasteiger partial charge in [0.2, 0.25) is 5.82 Å². The average molecular weight is 300 g/mol. The van der Waals surface area contributed by atoms with Gasteiger partial charge in [0.05, 0.1) is 4.92 Å². The van der Waals surface area contributed by atoms with Crippen LogP contribution < -0.4 is 5.32 Å². The quantitative estimate of drug-likeness (QED) is 0.328. The van der Waals surface area contributed by atoms with Crippen molar-refractivity contribution < 1.29 is 4.92 Å². The predicted molar refractivity (Wildman–Crippen MR) is 82.3 cm³/mol. The summed E-state index contributed by atoms with van der Waals surface area (Å²) in [6.45, 7) is 7.09. The van der Waals surface area contributed by atoms with Gasteiger partial charge in [-0.15, -0.1) is 0 Å². The molecule has 0 spiro atoms. The molecule has 0 unspecified atom stereocenters. The van der Waals surface area contributed by atoms with Gasteiger partial charge in [-0.25, -0.2) is 4.98 Å². The van der Waals surface area contributed by atoms with Gasteiger partial charge in [0.15, 0.2) is 0 Å². The van der Waals surface area contributed by atoms with E-state index in [0.717, 1.165) is 12.8 Å². The molecule has 1 rings (SSSR count). The summed E-state index contributed by atoms with van der Waals surface area (Å²) < 4.78 is 0. The molecule has 0 aliphatic rings. The molecule has 20 heavy (non-hydrogen) atoms. The lowest BCUT2D eigenvalue weighted by atomic mass is 9.87. The zero-order valence-electron chi connectivity index (χ0n) is 12.3. The summed E-state index contributed by atoms with van der Waals surface area (Å²) in [5.41, 5.74) is 0.0197. The van der Waals surface area contributed by atoms with Crippen molar-refractivity contribution in [3.05, 3.63) is 27.4 Å². The molecule has 0 bridgehead atoms. The van der Waals surface area contributed by atoms with Crippen molar-refractivity contribution in [3.8, 4) is 0 Å². The Morgan fingerprint density at radius 2 is 2.10 bits per heavy atom. The number of rotatable bonds is 8. The number of anilines is 1. The van der Waals surface area contributed by atoms with Gasteiger partial charge < -0.3 is 5.32 Å². The third-order valence-electron chi connectivity index (χ3n) is 3.23. The number of nitrogens with zero attached hydrogens (tertiary/aromatic N) is 2. The van der Waals surface area contributed by atoms with Crippen molar-refractivity contribution in [2.75, 3.05) is 11.9 Å². The molecular weight excluding hydrogens is 278 g/mol. The fourth-order valence-corrected chi connectivity index (χ4v) is 2.12. The Morgan fingerprint density at radius 3 is 2.70 bits per heavy atom. The number of hydrogen-bond acceptors (Lipinski definition) is 4. The zero-order chi connectivity index (χ0) is 15.2. The van der Waals surface area contributed by atoms with E-state index in [1.54, 1.807) is 0 Å². The maximum Gasteiger partial charge on any atom is 0.311 e. The first kappa shape index (κ1) is 16.7. The van der Waals surface area contributed by atoms with Gasteiger partial charge in [0.25, 0.3) is 0 Å². The van der Waals surface area contributed by atoms with Crippen LogP contribution in [0.3, 0.4) is 0 Å². The maximum atomic E-state index is 11.0. The molecule has 112 valence electrons. The Bertz CT molecular complexity index is 464. The second-order valence-electron chi connectivity index (χ2n) is 5.73. The van der Waals surface area contributed by atoms with Crippen LogP contribution in [0.2, 0.25) is 5.15 Å². The first-order valence-electron chi connectivity index (χ1n) is 6.90. The van der Waals surface area contributed by atoms with Crippen LogP contribution in [0.1, 0.15) is 46.5 Å². The summed E-state index contributed by atoms with van der Waals surface area (Å²) >= 11 is 5.80. The van der Waals surface area contributed by atoms with Gasteiger partial charge in [0.1, 0.15) is 5.15 Å². The Kier molecular flexibility index (Phi) is 6.20. The van der Waals surface area contributed by atoms with Gasteiger partial charge >= 0.3 is 5.69 Å². The topological polar surface area (TPSA) is 68.1 Å². The average Bonchev–Trinajstić information content (AvgIpc) is 2.36. The molecule has 0 aromatic carbocycles. The number of unbranched alkanes of at least 4 members (excludes halogenated alkanes) is 2. The van der Waals surface area contributed by atoms with Crippen molar-refractivity contribution in [1.82, 2.24) is 4.98 Å². The third-order valence-corrected chi connectivity index (χ3v) is 3.44. The molecule has 0 fully saturated rings. The van der Waals surface area contributed by atoms with Crippen LogP contribution in [0.4, 0.5) is 11.5 Å². The predicted octanol–water partition coefficient (Wildman–Crippen LogP) is 4.66. The zero-order valence-corrected chi connectivity index (χ0v) is 13.0. The Balaban J connectivity index is 2.68. The van der Waals surface area contributed by atoms with E-state index in [4.69, 9.17) is 11.6 Å². The highest BCUT2D eigenvalue weighted by molar-refractivity contribution is 6.29. The van der Waals surface area contributed by atoms with Crippen LogP contribution >= 0.6 is 11.6 Å². The first-order chi connectivity index (χ1) is 9.35. The Hall–Kier alpha value is -1.36. The maximum absolute atomic E-state index is 11.0. The first-order valence-corrected chi connectivity index (χ1v) is 7.28. The molecule has 0 amide bonds. The highest BCUT2D eigenvalue weighted by atomic mass is 35.5. The van der Waals surface area contributed by atoms with Crippen molar-refractivity contribution >= 4 is 23.1 Å². The van der Waals surface area contributed by atoms with E-state index < -0.39 is 4.92 Å². The van der Waals surface area contributed by atoms with E-state index in [-0.39, 0.29) is 22.1 Å². The minimum Gasteiger partial charge on any atom is -0.364 e. The molecule has 1 heterocycles. The van der Waals surface area contributed by atoms with E-state index in [2.05, 4.69) is 31.1 Å². The molecule has 0 saturated carbocycles. The summed E-state index contributed by atoms with van der Waals surface area (Å²) in [5, 5.41) is 14.3. The van der Waals surface area contributed by atoms with Gasteiger partial charge in [0, 0.05) is 12.6 Å². The summed E-state index contributed by atoms with van der Waals surface area (Å²) in [6, 6.07) is 2.80. The molecule has 6 heteroatoms. The molecule has 1 aromatic rings. The minimum absolute atomic E-state index is 0.0428. The van der Waals surface area contributed by atoms with Crippen molar-refractivity contribution in [2.45, 2.75) is 46.5 Å². The second kappa shape index (κ2) is 7.43. The highest BCUT2D eigenvalue weighted by Gasteiger charge is 2.21. The molecule has 5 nitrogen and oxygen atoms in total. The standard InChI is InChI=1S/C14H22ClN3O2/c1-4-5-6-9-14(2,3)10-16-13-11(18(19)20)7-8-12(15)17-13/h7-8H,4-6,9-10H2,1-3H3,(H,16,17). The number of nitro groups is 1. The van der Waals surface area contributed by atoms with E-state index in [9.17, 15) is 10.1 Å². The van der Waals surface area contributed by atoms with Crippen LogP contribution in [0.15, 0.2) is 12.1 Å². The van der Waals surface area contributed by atoms with Crippen molar-refractivity contribution in [3.63, 3.8) is 0 Å². The normalized spacial score (nSPS) is 11.4. The van der Waals surface area contributed by atoms with Gasteiger partial charge in [-0.05, 0) is 17.9 Å². The lowest BCUT2D eigenvalue weighted by Crippen LogP contribution is -2.23. The monoisotopic (exact) mass is 299 g/mol. The second-order valence-corrected chi connectivity index (χ2v) is 6.12. The fourth-order valence-electron chi connectivity index (χ4n) is 1.97. The van der Waals surface area contributed by atoms with Crippen molar-refractivity contribution in [2.24, 2.45) is 5.41 Å². The smallest absolute Gasteiger partial charge is 0.311 e. The lowest BCUT2D eigenvalue weighted by molar-refractivity contribution is -0.384. The third kappa shape index (κ3) is 5.33. The molecule has 0 atom stereocenters. The SMILES string of the molecule is CCCCCC(C)(C)CNc1nc(Cl)ccc1[N+](=O)[O-]. The largest absolute Gasteiger partial charge is 0.364 e. The van der Waals surface area contributed by atoms with Crippen LogP contribution in [0.25, 0.3) is 0 Å². The molecular formula is C14H22ClN3O2. The van der Waals surface area contributed by atoms with Gasteiger partial charge in [-0.2, -0.15) is 0 Å².